The molecular formula is C32H39F2N5O3. The lowest BCUT2D eigenvalue weighted by molar-refractivity contribution is -0.132. The van der Waals surface area contributed by atoms with E-state index >= 15 is 0 Å². The van der Waals surface area contributed by atoms with Crippen molar-refractivity contribution >= 4 is 11.8 Å². The number of halogens is 2. The lowest BCUT2D eigenvalue weighted by Gasteiger charge is -2.42. The predicted molar refractivity (Wildman–Crippen MR) is 156 cm³/mol. The number of benzene rings is 1. The molecule has 3 rings (SSSR count). The highest BCUT2D eigenvalue weighted by Crippen LogP contribution is 2.44. The van der Waals surface area contributed by atoms with E-state index in [4.69, 9.17) is 12.2 Å². The van der Waals surface area contributed by atoms with Gasteiger partial charge >= 0.3 is 0 Å². The van der Waals surface area contributed by atoms with Gasteiger partial charge in [0.1, 0.15) is 11.6 Å². The van der Waals surface area contributed by atoms with Gasteiger partial charge in [-0.1, -0.05) is 31.6 Å². The topological polar surface area (TPSA) is 121 Å². The smallest absolute Gasteiger partial charge is 0.249 e. The predicted octanol–water partition coefficient (Wildman–Crippen LogP) is 3.44. The molecule has 1 aliphatic rings. The van der Waals surface area contributed by atoms with E-state index in [2.05, 4.69) is 21.2 Å². The number of nitrogens with two attached hydrogens (primary N) is 1. The molecule has 0 saturated heterocycles. The Bertz CT molecular complexity index is 1360. The van der Waals surface area contributed by atoms with E-state index in [1.54, 1.807) is 30.0 Å². The van der Waals surface area contributed by atoms with Crippen molar-refractivity contribution in [2.45, 2.75) is 59.1 Å². The maximum atomic E-state index is 14.2. The monoisotopic (exact) mass is 579 g/mol. The van der Waals surface area contributed by atoms with Crippen LogP contribution in [0, 0.1) is 35.3 Å². The van der Waals surface area contributed by atoms with Gasteiger partial charge in [-0.3, -0.25) is 9.59 Å². The third-order valence-corrected chi connectivity index (χ3v) is 7.38. The minimum Gasteiger partial charge on any atom is -0.391 e. The maximum Gasteiger partial charge on any atom is 0.249 e. The summed E-state index contributed by atoms with van der Waals surface area (Å²) >= 11 is 0. The Kier molecular flexibility index (Phi) is 11.5. The minimum atomic E-state index is -1.51. The first kappa shape index (κ1) is 32.6. The van der Waals surface area contributed by atoms with Crippen molar-refractivity contribution in [3.8, 4) is 12.3 Å². The van der Waals surface area contributed by atoms with Gasteiger partial charge in [-0.15, -0.1) is 6.42 Å². The fourth-order valence-electron chi connectivity index (χ4n) is 5.61. The average molecular weight is 580 g/mol. The molecule has 42 heavy (non-hydrogen) atoms. The minimum absolute atomic E-state index is 0.00936. The van der Waals surface area contributed by atoms with Gasteiger partial charge in [-0.05, 0) is 62.3 Å². The summed E-state index contributed by atoms with van der Waals surface area (Å²) in [6.45, 7) is 7.06. The van der Waals surface area contributed by atoms with Crippen molar-refractivity contribution in [1.29, 1.82) is 0 Å². The van der Waals surface area contributed by atoms with Gasteiger partial charge in [0.2, 0.25) is 17.6 Å². The number of aromatic nitrogens is 2. The van der Waals surface area contributed by atoms with Gasteiger partial charge in [0.05, 0.1) is 17.2 Å². The Hall–Kier alpha value is -3.94. The quantitative estimate of drug-likeness (QED) is 0.295. The van der Waals surface area contributed by atoms with E-state index < -0.39 is 35.0 Å². The molecule has 2 amide bonds. The van der Waals surface area contributed by atoms with E-state index in [0.717, 1.165) is 18.9 Å². The van der Waals surface area contributed by atoms with Crippen LogP contribution in [0.3, 0.4) is 0 Å². The lowest BCUT2D eigenvalue weighted by Crippen LogP contribution is -2.51. The van der Waals surface area contributed by atoms with Crippen molar-refractivity contribution in [3.05, 3.63) is 82.5 Å². The molecule has 3 atom stereocenters. The largest absolute Gasteiger partial charge is 0.391 e. The third kappa shape index (κ3) is 8.08. The second kappa shape index (κ2) is 14.8. The molecule has 2 aromatic rings. The molecule has 1 aromatic carbocycles. The molecule has 224 valence electrons. The number of allylic oxidation sites excluding steroid dienone is 2. The summed E-state index contributed by atoms with van der Waals surface area (Å²) in [6.07, 6.45) is 10.5. The summed E-state index contributed by atoms with van der Waals surface area (Å²) in [5.74, 6) is -0.849. The summed E-state index contributed by atoms with van der Waals surface area (Å²) in [4.78, 5) is 36.9. The fraction of sp³-hybridized carbons (Fsp3) is 0.438. The highest BCUT2D eigenvalue weighted by Gasteiger charge is 2.48. The Morgan fingerprint density at radius 2 is 1.88 bits per heavy atom. The fourth-order valence-corrected chi connectivity index (χ4v) is 5.61. The first-order valence-corrected chi connectivity index (χ1v) is 14.1. The summed E-state index contributed by atoms with van der Waals surface area (Å²) in [7, 11) is 0. The summed E-state index contributed by atoms with van der Waals surface area (Å²) in [6, 6.07) is 4.76. The first-order valence-electron chi connectivity index (χ1n) is 14.1. The molecule has 0 saturated carbocycles. The van der Waals surface area contributed by atoms with Crippen molar-refractivity contribution in [2.24, 2.45) is 17.1 Å². The van der Waals surface area contributed by atoms with E-state index in [0.29, 0.717) is 29.9 Å². The van der Waals surface area contributed by atoms with Gasteiger partial charge in [-0.2, -0.15) is 0 Å². The Morgan fingerprint density at radius 1 is 1.21 bits per heavy atom. The van der Waals surface area contributed by atoms with Crippen LogP contribution in [0.4, 0.5) is 8.78 Å². The lowest BCUT2D eigenvalue weighted by atomic mass is 9.63. The zero-order valence-corrected chi connectivity index (χ0v) is 24.4. The first-order chi connectivity index (χ1) is 20.0. The van der Waals surface area contributed by atoms with E-state index in [1.165, 1.54) is 18.3 Å². The molecule has 1 aliphatic carbocycles. The molecule has 0 radical (unpaired) electrons. The third-order valence-electron chi connectivity index (χ3n) is 7.38. The van der Waals surface area contributed by atoms with Crippen LogP contribution < -0.4 is 11.1 Å². The highest BCUT2D eigenvalue weighted by molar-refractivity contribution is 5.96. The zero-order valence-electron chi connectivity index (χ0n) is 24.4. The van der Waals surface area contributed by atoms with Crippen molar-refractivity contribution < 1.29 is 23.5 Å². The van der Waals surface area contributed by atoms with Crippen LogP contribution in [-0.4, -0.2) is 57.5 Å². The average Bonchev–Trinajstić information content (AvgIpc) is 2.94. The molecule has 10 heteroatoms. The van der Waals surface area contributed by atoms with Gasteiger partial charge in [0.25, 0.3) is 0 Å². The second-order valence-corrected chi connectivity index (χ2v) is 10.7. The van der Waals surface area contributed by atoms with Gasteiger partial charge in [0, 0.05) is 49.9 Å². The number of aliphatic hydroxyl groups is 1. The molecule has 4 N–H and O–H groups in total. The number of rotatable bonds is 14. The molecule has 0 fully saturated rings. The number of terminal acetylenes is 1. The normalized spacial score (nSPS) is 17.9. The number of aliphatic hydroxyl groups excluding tert-OH is 1. The van der Waals surface area contributed by atoms with Crippen LogP contribution in [-0.2, 0) is 22.6 Å². The number of hydrogen-bond donors (Lipinski definition) is 3. The van der Waals surface area contributed by atoms with Crippen LogP contribution in [0.5, 0.6) is 0 Å². The zero-order chi connectivity index (χ0) is 30.9. The number of amides is 2. The number of primary amides is 1. The van der Waals surface area contributed by atoms with Gasteiger partial charge < -0.3 is 21.1 Å². The second-order valence-electron chi connectivity index (χ2n) is 10.7. The van der Waals surface area contributed by atoms with Crippen LogP contribution in [0.1, 0.15) is 57.1 Å². The van der Waals surface area contributed by atoms with Crippen molar-refractivity contribution in [1.82, 2.24) is 20.2 Å². The number of hydrogen-bond acceptors (Lipinski definition) is 6. The molecule has 0 bridgehead atoms. The van der Waals surface area contributed by atoms with E-state index in [-0.39, 0.29) is 43.2 Å². The maximum absolute atomic E-state index is 14.2. The molecule has 0 spiro atoms. The molecule has 1 aromatic heterocycles. The SMILES string of the molecule is C#Cc1nccc(CNC[C@H](O)[C@@H](Cc2cc(F)cc(F)c2)C2(C(N)=O)C=C(C)C=C(C(=O)N(CCC)CCC)C2)n1. The van der Waals surface area contributed by atoms with Crippen LogP contribution in [0.2, 0.25) is 0 Å². The van der Waals surface area contributed by atoms with Crippen LogP contribution in [0.15, 0.2) is 53.8 Å². The molecule has 1 heterocycles. The standard InChI is InChI=1S/C32H39F2N5O3/c1-5-10-39(11-6-2)30(41)23-12-21(4)17-32(18-23,31(35)42)27(15-22-13-24(33)16-25(34)14-22)28(40)20-36-19-26-8-9-37-29(7-3)38-26/h3,8-9,12-14,16-17,27-28,36,40H,5-6,10-11,15,18-20H2,1-2,4H3,(H2,35,42)/t27-,28+,32?/m1/s1. The molecular weight excluding hydrogens is 540 g/mol. The number of carbonyl (C=O) groups is 2. The molecule has 1 unspecified atom stereocenters. The van der Waals surface area contributed by atoms with E-state index in [9.17, 15) is 23.5 Å². The number of carbonyl (C=O) groups excluding carboxylic acids is 2. The van der Waals surface area contributed by atoms with Gasteiger partial charge in [-0.25, -0.2) is 18.7 Å². The van der Waals surface area contributed by atoms with Crippen molar-refractivity contribution in [2.75, 3.05) is 19.6 Å². The molecule has 8 nitrogen and oxygen atoms in total. The van der Waals surface area contributed by atoms with Crippen molar-refractivity contribution in [3.63, 3.8) is 0 Å². The summed E-state index contributed by atoms with van der Waals surface area (Å²) in [5.41, 5.74) is 6.43. The summed E-state index contributed by atoms with van der Waals surface area (Å²) in [5, 5.41) is 14.7. The Balaban J connectivity index is 1.98. The van der Waals surface area contributed by atoms with E-state index in [1.807, 2.05) is 13.8 Å². The van der Waals surface area contributed by atoms with Gasteiger partial charge in [0.15, 0.2) is 0 Å². The summed E-state index contributed by atoms with van der Waals surface area (Å²) < 4.78 is 28.4. The Morgan fingerprint density at radius 3 is 2.48 bits per heavy atom. The molecule has 0 aliphatic heterocycles. The van der Waals surface area contributed by atoms with Crippen LogP contribution in [0.25, 0.3) is 0 Å². The number of nitrogens with one attached hydrogen (secondary N) is 1. The Labute approximate surface area is 246 Å². The highest BCUT2D eigenvalue weighted by atomic mass is 19.1. The number of nitrogens with zero attached hydrogens (tertiary/aromatic N) is 3. The van der Waals surface area contributed by atoms with Crippen LogP contribution >= 0.6 is 0 Å².